The molecule has 2 bridgehead atoms. The molecule has 0 radical (unpaired) electrons. The maximum absolute atomic E-state index is 13.3. The third-order valence-electron chi connectivity index (χ3n) is 5.20. The molecule has 1 fully saturated rings. The number of aryl methyl sites for hydroxylation is 1. The lowest BCUT2D eigenvalue weighted by Crippen LogP contribution is -2.42. The molecule has 0 aliphatic carbocycles. The van der Waals surface area contributed by atoms with Gasteiger partial charge in [0.25, 0.3) is 0 Å². The predicted molar refractivity (Wildman–Crippen MR) is 91.9 cm³/mol. The van der Waals surface area contributed by atoms with Crippen molar-refractivity contribution in [3.05, 3.63) is 35.9 Å². The summed E-state index contributed by atoms with van der Waals surface area (Å²) in [6.07, 6.45) is 3.15. The summed E-state index contributed by atoms with van der Waals surface area (Å²) in [6, 6.07) is 6.59. The molecule has 2 aromatic rings. The molecule has 2 atom stereocenters. The molecule has 0 N–H and O–H groups in total. The van der Waals surface area contributed by atoms with Crippen LogP contribution in [0.4, 0.5) is 0 Å². The second-order valence-corrected chi connectivity index (χ2v) is 8.44. The Morgan fingerprint density at radius 3 is 2.80 bits per heavy atom. The molecule has 2 aliphatic rings. The minimum absolute atomic E-state index is 0.0521. The topological polar surface area (TPSA) is 77.3 Å². The van der Waals surface area contributed by atoms with Crippen LogP contribution in [0.3, 0.4) is 0 Å². The first-order chi connectivity index (χ1) is 12.0. The summed E-state index contributed by atoms with van der Waals surface area (Å²) in [6.45, 7) is 2.68. The maximum atomic E-state index is 13.3. The van der Waals surface area contributed by atoms with E-state index in [4.69, 9.17) is 4.74 Å². The second kappa shape index (κ2) is 6.10. The Balaban J connectivity index is 1.72. The second-order valence-electron chi connectivity index (χ2n) is 6.60. The zero-order valence-corrected chi connectivity index (χ0v) is 15.2. The van der Waals surface area contributed by atoms with E-state index in [2.05, 4.69) is 14.8 Å². The molecule has 3 heterocycles. The summed E-state index contributed by atoms with van der Waals surface area (Å²) in [5.74, 6) is 2.38. The van der Waals surface area contributed by atoms with Gasteiger partial charge < -0.3 is 9.30 Å². The number of methoxy groups -OCH3 is 1. The van der Waals surface area contributed by atoms with E-state index in [9.17, 15) is 8.42 Å². The first-order valence-corrected chi connectivity index (χ1v) is 10.1. The average Bonchev–Trinajstić information content (AvgIpc) is 3.14. The van der Waals surface area contributed by atoms with Gasteiger partial charge in [-0.1, -0.05) is 13.0 Å². The number of rotatable bonds is 4. The number of nitrogens with zero attached hydrogens (tertiary/aromatic N) is 4. The van der Waals surface area contributed by atoms with E-state index < -0.39 is 10.0 Å². The van der Waals surface area contributed by atoms with Crippen molar-refractivity contribution in [1.29, 1.82) is 0 Å². The van der Waals surface area contributed by atoms with Crippen LogP contribution in [-0.2, 0) is 29.4 Å². The minimum Gasteiger partial charge on any atom is -0.497 e. The van der Waals surface area contributed by atoms with Crippen LogP contribution >= 0.6 is 0 Å². The van der Waals surface area contributed by atoms with Crippen LogP contribution in [0.2, 0.25) is 0 Å². The van der Waals surface area contributed by atoms with Crippen molar-refractivity contribution in [2.75, 3.05) is 7.11 Å². The highest BCUT2D eigenvalue weighted by molar-refractivity contribution is 7.89. The highest BCUT2D eigenvalue weighted by Gasteiger charge is 2.45. The normalized spacial score (nSPS) is 23.3. The van der Waals surface area contributed by atoms with Crippen LogP contribution in [0, 0.1) is 0 Å². The van der Waals surface area contributed by atoms with Gasteiger partial charge in [-0.05, 0) is 25.0 Å². The molecule has 25 heavy (non-hydrogen) atoms. The minimum atomic E-state index is -3.58. The van der Waals surface area contributed by atoms with Crippen LogP contribution in [-0.4, -0.2) is 46.7 Å². The molecule has 0 amide bonds. The van der Waals surface area contributed by atoms with Crippen LogP contribution in [0.15, 0.2) is 29.2 Å². The van der Waals surface area contributed by atoms with Crippen LogP contribution in [0.5, 0.6) is 5.75 Å². The van der Waals surface area contributed by atoms with Crippen molar-refractivity contribution in [3.63, 3.8) is 0 Å². The summed E-state index contributed by atoms with van der Waals surface area (Å²) in [5.41, 5.74) is 0. The number of hydrogen-bond donors (Lipinski definition) is 0. The van der Waals surface area contributed by atoms with Gasteiger partial charge in [-0.25, -0.2) is 8.42 Å². The molecule has 0 spiro atoms. The summed E-state index contributed by atoms with van der Waals surface area (Å²) >= 11 is 0. The van der Waals surface area contributed by atoms with E-state index >= 15 is 0 Å². The Kier molecular flexibility index (Phi) is 4.04. The number of sulfonamides is 1. The van der Waals surface area contributed by atoms with Gasteiger partial charge in [-0.3, -0.25) is 0 Å². The molecular weight excluding hydrogens is 340 g/mol. The Hall–Kier alpha value is -1.93. The summed E-state index contributed by atoms with van der Waals surface area (Å²) < 4.78 is 35.7. The van der Waals surface area contributed by atoms with Gasteiger partial charge in [0, 0.05) is 37.5 Å². The number of benzene rings is 1. The third kappa shape index (κ3) is 2.64. The summed E-state index contributed by atoms with van der Waals surface area (Å²) in [4.78, 5) is 0.289. The fourth-order valence-corrected chi connectivity index (χ4v) is 5.89. The quantitative estimate of drug-likeness (QED) is 0.826. The largest absolute Gasteiger partial charge is 0.497 e. The molecule has 134 valence electrons. The van der Waals surface area contributed by atoms with Gasteiger partial charge in [0.15, 0.2) is 0 Å². The Bertz CT molecular complexity index is 893. The van der Waals surface area contributed by atoms with Crippen molar-refractivity contribution in [2.45, 2.75) is 56.1 Å². The molecule has 2 aliphatic heterocycles. The molecule has 1 saturated heterocycles. The first-order valence-electron chi connectivity index (χ1n) is 8.63. The zero-order chi connectivity index (χ0) is 17.6. The van der Waals surface area contributed by atoms with E-state index in [0.29, 0.717) is 18.7 Å². The summed E-state index contributed by atoms with van der Waals surface area (Å²) in [7, 11) is -2.04. The van der Waals surface area contributed by atoms with Crippen molar-refractivity contribution in [3.8, 4) is 5.75 Å². The van der Waals surface area contributed by atoms with E-state index in [1.807, 2.05) is 6.92 Å². The van der Waals surface area contributed by atoms with Crippen LogP contribution in [0.1, 0.15) is 31.4 Å². The molecular formula is C17H22N4O3S. The number of ether oxygens (including phenoxy) is 1. The Morgan fingerprint density at radius 1 is 1.24 bits per heavy atom. The first kappa shape index (κ1) is 16.5. The lowest BCUT2D eigenvalue weighted by Gasteiger charge is -2.27. The van der Waals surface area contributed by atoms with Gasteiger partial charge in [0.1, 0.15) is 17.4 Å². The van der Waals surface area contributed by atoms with E-state index in [1.54, 1.807) is 35.7 Å². The predicted octanol–water partition coefficient (Wildman–Crippen LogP) is 1.63. The Labute approximate surface area is 147 Å². The Morgan fingerprint density at radius 2 is 2.04 bits per heavy atom. The maximum Gasteiger partial charge on any atom is 0.243 e. The SMILES string of the molecule is CCc1nnc2n1C[C@H]1CC[C@@H](C2)N1S(=O)(=O)c1cccc(OC)c1. The van der Waals surface area contributed by atoms with Crippen molar-refractivity contribution >= 4 is 10.0 Å². The fourth-order valence-electron chi connectivity index (χ4n) is 3.99. The molecule has 8 heteroatoms. The molecule has 1 aromatic carbocycles. The van der Waals surface area contributed by atoms with Crippen LogP contribution < -0.4 is 4.74 Å². The van der Waals surface area contributed by atoms with E-state index in [-0.39, 0.29) is 17.0 Å². The third-order valence-corrected chi connectivity index (χ3v) is 7.20. The van der Waals surface area contributed by atoms with Gasteiger partial charge in [0.2, 0.25) is 10.0 Å². The van der Waals surface area contributed by atoms with Gasteiger partial charge >= 0.3 is 0 Å². The van der Waals surface area contributed by atoms with Crippen molar-refractivity contribution < 1.29 is 13.2 Å². The molecule has 0 saturated carbocycles. The highest BCUT2D eigenvalue weighted by atomic mass is 32.2. The monoisotopic (exact) mass is 362 g/mol. The van der Waals surface area contributed by atoms with E-state index in [0.717, 1.165) is 30.9 Å². The van der Waals surface area contributed by atoms with Gasteiger partial charge in [0.05, 0.1) is 12.0 Å². The zero-order valence-electron chi connectivity index (χ0n) is 14.4. The molecule has 0 unspecified atom stereocenters. The fraction of sp³-hybridized carbons (Fsp3) is 0.529. The lowest BCUT2D eigenvalue weighted by atomic mass is 10.1. The number of aromatic nitrogens is 3. The van der Waals surface area contributed by atoms with Crippen molar-refractivity contribution in [1.82, 2.24) is 19.1 Å². The van der Waals surface area contributed by atoms with Gasteiger partial charge in [-0.15, -0.1) is 10.2 Å². The smallest absolute Gasteiger partial charge is 0.243 e. The average molecular weight is 362 g/mol. The number of hydrogen-bond acceptors (Lipinski definition) is 5. The molecule has 1 aromatic heterocycles. The summed E-state index contributed by atoms with van der Waals surface area (Å²) in [5, 5.41) is 8.55. The number of fused-ring (bicyclic) bond motifs is 3. The van der Waals surface area contributed by atoms with Gasteiger partial charge in [-0.2, -0.15) is 4.31 Å². The lowest BCUT2D eigenvalue weighted by molar-refractivity contribution is 0.313. The molecule has 4 rings (SSSR count). The molecule has 7 nitrogen and oxygen atoms in total. The van der Waals surface area contributed by atoms with Crippen molar-refractivity contribution in [2.24, 2.45) is 0 Å². The standard InChI is InChI=1S/C17H22N4O3S/c1-3-16-18-19-17-9-12-7-8-13(11-20(16)17)21(12)25(22,23)15-6-4-5-14(10-15)24-2/h4-6,10,12-13H,3,7-9,11H2,1-2H3/t12-,13+/m0/s1. The van der Waals surface area contributed by atoms with Crippen LogP contribution in [0.25, 0.3) is 0 Å². The van der Waals surface area contributed by atoms with E-state index in [1.165, 1.54) is 0 Å². The highest BCUT2D eigenvalue weighted by Crippen LogP contribution is 2.36.